The molecule has 6 aromatic carbocycles. The fourth-order valence-corrected chi connectivity index (χ4v) is 7.34. The summed E-state index contributed by atoms with van der Waals surface area (Å²) in [7, 11) is 0. The Morgan fingerprint density at radius 1 is 0.385 bits per heavy atom. The molecule has 9 rings (SSSR count). The minimum atomic E-state index is 0.839. The molecule has 1 aliphatic rings. The number of hydrogen-bond donors (Lipinski definition) is 0. The SMILES string of the molecule is c1ccc2c(c1)Sc1ccc(-c3ccc(-c4cccc5oc6ccc7ccccc7c6c45)o3)c3cccc-2c13. The summed E-state index contributed by atoms with van der Waals surface area (Å²) in [6, 6.07) is 42.8. The molecule has 0 amide bonds. The molecule has 0 saturated carbocycles. The highest BCUT2D eigenvalue weighted by atomic mass is 32.2. The molecule has 39 heavy (non-hydrogen) atoms. The standard InChI is InChI=1S/C36H20O2S/c1-2-8-22-21(7-1)15-17-31-35(22)36-27(12-6-13-30(36)38-31)29-19-18-28(37-29)23-16-20-33-34-25(23)10-5-11-26(34)24-9-3-4-14-32(24)39-33/h1-20H. The van der Waals surface area contributed by atoms with Crippen molar-refractivity contribution >= 4 is 55.2 Å². The number of hydrogen-bond acceptors (Lipinski definition) is 3. The van der Waals surface area contributed by atoms with Crippen molar-refractivity contribution in [3.63, 3.8) is 0 Å². The molecule has 3 heteroatoms. The Kier molecular flexibility index (Phi) is 4.29. The first-order chi connectivity index (χ1) is 19.3. The molecule has 0 atom stereocenters. The van der Waals surface area contributed by atoms with Gasteiger partial charge in [-0.25, -0.2) is 0 Å². The average Bonchev–Trinajstić information content (AvgIpc) is 3.63. The van der Waals surface area contributed by atoms with Gasteiger partial charge in [0.25, 0.3) is 0 Å². The molecule has 8 aromatic rings. The van der Waals surface area contributed by atoms with Crippen LogP contribution < -0.4 is 0 Å². The van der Waals surface area contributed by atoms with Crippen molar-refractivity contribution < 1.29 is 8.83 Å². The van der Waals surface area contributed by atoms with Crippen molar-refractivity contribution in [2.45, 2.75) is 9.79 Å². The van der Waals surface area contributed by atoms with Crippen LogP contribution in [0, 0.1) is 0 Å². The van der Waals surface area contributed by atoms with E-state index in [0.29, 0.717) is 0 Å². The van der Waals surface area contributed by atoms with E-state index in [-0.39, 0.29) is 0 Å². The van der Waals surface area contributed by atoms with Crippen molar-refractivity contribution in [2.24, 2.45) is 0 Å². The van der Waals surface area contributed by atoms with Crippen LogP contribution in [0.15, 0.2) is 140 Å². The topological polar surface area (TPSA) is 26.3 Å². The highest BCUT2D eigenvalue weighted by Gasteiger charge is 2.22. The monoisotopic (exact) mass is 516 g/mol. The summed E-state index contributed by atoms with van der Waals surface area (Å²) in [5.41, 5.74) is 6.49. The summed E-state index contributed by atoms with van der Waals surface area (Å²) in [6.45, 7) is 0. The molecular formula is C36H20O2S. The van der Waals surface area contributed by atoms with Gasteiger partial charge in [-0.3, -0.25) is 0 Å². The molecule has 0 spiro atoms. The molecule has 0 radical (unpaired) electrons. The van der Waals surface area contributed by atoms with E-state index in [4.69, 9.17) is 8.83 Å². The van der Waals surface area contributed by atoms with Gasteiger partial charge in [-0.15, -0.1) is 0 Å². The molecule has 0 bridgehead atoms. The second-order valence-corrected chi connectivity index (χ2v) is 11.1. The van der Waals surface area contributed by atoms with Gasteiger partial charge in [-0.1, -0.05) is 90.6 Å². The lowest BCUT2D eigenvalue weighted by molar-refractivity contribution is 0.598. The Morgan fingerprint density at radius 3 is 2.10 bits per heavy atom. The van der Waals surface area contributed by atoms with Gasteiger partial charge in [0.05, 0.1) is 0 Å². The van der Waals surface area contributed by atoms with Crippen LogP contribution in [0.4, 0.5) is 0 Å². The smallest absolute Gasteiger partial charge is 0.136 e. The molecule has 2 nitrogen and oxygen atoms in total. The van der Waals surface area contributed by atoms with E-state index in [1.165, 1.54) is 42.5 Å². The normalized spacial score (nSPS) is 12.5. The number of fused-ring (bicyclic) bond motifs is 7. The fraction of sp³-hybridized carbons (Fsp3) is 0. The maximum Gasteiger partial charge on any atom is 0.136 e. The maximum absolute atomic E-state index is 6.65. The van der Waals surface area contributed by atoms with Crippen LogP contribution >= 0.6 is 11.8 Å². The molecule has 0 fully saturated rings. The maximum atomic E-state index is 6.65. The summed E-state index contributed by atoms with van der Waals surface area (Å²) in [5.74, 6) is 1.71. The fourth-order valence-electron chi connectivity index (χ4n) is 6.22. The van der Waals surface area contributed by atoms with Crippen LogP contribution in [0.1, 0.15) is 0 Å². The summed E-state index contributed by atoms with van der Waals surface area (Å²) in [5, 5.41) is 7.13. The third-order valence-corrected chi connectivity index (χ3v) is 9.06. The Hall–Kier alpha value is -4.73. The summed E-state index contributed by atoms with van der Waals surface area (Å²) in [6.07, 6.45) is 0. The van der Waals surface area contributed by atoms with E-state index in [1.807, 2.05) is 23.9 Å². The lowest BCUT2D eigenvalue weighted by atomic mass is 9.94. The largest absolute Gasteiger partial charge is 0.456 e. The third kappa shape index (κ3) is 2.99. The van der Waals surface area contributed by atoms with E-state index >= 15 is 0 Å². The van der Waals surface area contributed by atoms with Crippen LogP contribution in [0.25, 0.3) is 77.3 Å². The van der Waals surface area contributed by atoms with E-state index in [2.05, 4.69) is 109 Å². The number of benzene rings is 6. The molecule has 0 unspecified atom stereocenters. The Morgan fingerprint density at radius 2 is 1.13 bits per heavy atom. The lowest BCUT2D eigenvalue weighted by Crippen LogP contribution is -1.93. The van der Waals surface area contributed by atoms with Gasteiger partial charge < -0.3 is 8.83 Å². The van der Waals surface area contributed by atoms with E-state index in [9.17, 15) is 0 Å². The van der Waals surface area contributed by atoms with Gasteiger partial charge in [0.15, 0.2) is 0 Å². The number of rotatable bonds is 2. The zero-order chi connectivity index (χ0) is 25.5. The zero-order valence-corrected chi connectivity index (χ0v) is 21.6. The summed E-state index contributed by atoms with van der Waals surface area (Å²) < 4.78 is 13.0. The van der Waals surface area contributed by atoms with Gasteiger partial charge in [-0.2, -0.15) is 0 Å². The predicted molar refractivity (Wildman–Crippen MR) is 161 cm³/mol. The van der Waals surface area contributed by atoms with Gasteiger partial charge >= 0.3 is 0 Å². The van der Waals surface area contributed by atoms with E-state index < -0.39 is 0 Å². The predicted octanol–water partition coefficient (Wildman–Crippen LogP) is 11.0. The first-order valence-electron chi connectivity index (χ1n) is 13.1. The Bertz CT molecular complexity index is 2270. The first kappa shape index (κ1) is 21.2. The highest BCUT2D eigenvalue weighted by Crippen LogP contribution is 2.50. The molecule has 0 N–H and O–H groups in total. The molecule has 2 aromatic heterocycles. The first-order valence-corrected chi connectivity index (χ1v) is 13.9. The van der Waals surface area contributed by atoms with Crippen LogP contribution in [-0.2, 0) is 0 Å². The molecule has 3 heterocycles. The average molecular weight is 517 g/mol. The Balaban J connectivity index is 1.26. The van der Waals surface area contributed by atoms with Gasteiger partial charge in [0, 0.05) is 37.1 Å². The highest BCUT2D eigenvalue weighted by molar-refractivity contribution is 7.99. The summed E-state index contributed by atoms with van der Waals surface area (Å²) >= 11 is 1.84. The van der Waals surface area contributed by atoms with Crippen molar-refractivity contribution in [2.75, 3.05) is 0 Å². The summed E-state index contributed by atoms with van der Waals surface area (Å²) in [4.78, 5) is 2.59. The van der Waals surface area contributed by atoms with Crippen LogP contribution in [-0.4, -0.2) is 0 Å². The van der Waals surface area contributed by atoms with E-state index in [0.717, 1.165) is 44.6 Å². The molecule has 1 aliphatic heterocycles. The van der Waals surface area contributed by atoms with Crippen LogP contribution in [0.2, 0.25) is 0 Å². The second-order valence-electron chi connectivity index (χ2n) is 10.0. The van der Waals surface area contributed by atoms with Gasteiger partial charge in [0.1, 0.15) is 22.7 Å². The quantitative estimate of drug-likeness (QED) is 0.229. The van der Waals surface area contributed by atoms with E-state index in [1.54, 1.807) is 0 Å². The van der Waals surface area contributed by atoms with Gasteiger partial charge in [0.2, 0.25) is 0 Å². The van der Waals surface area contributed by atoms with Crippen molar-refractivity contribution in [1.82, 2.24) is 0 Å². The minimum Gasteiger partial charge on any atom is -0.456 e. The molecular weight excluding hydrogens is 496 g/mol. The van der Waals surface area contributed by atoms with Crippen LogP contribution in [0.3, 0.4) is 0 Å². The van der Waals surface area contributed by atoms with Crippen molar-refractivity contribution in [1.29, 1.82) is 0 Å². The third-order valence-electron chi connectivity index (χ3n) is 7.92. The van der Waals surface area contributed by atoms with Gasteiger partial charge in [-0.05, 0) is 69.8 Å². The Labute approximate surface area is 228 Å². The van der Waals surface area contributed by atoms with Crippen molar-refractivity contribution in [3.8, 4) is 33.8 Å². The molecule has 0 saturated heterocycles. The minimum absolute atomic E-state index is 0.839. The zero-order valence-electron chi connectivity index (χ0n) is 20.8. The molecule has 0 aliphatic carbocycles. The van der Waals surface area contributed by atoms with Crippen LogP contribution in [0.5, 0.6) is 0 Å². The second kappa shape index (κ2) is 7.89. The molecule has 182 valence electrons. The lowest BCUT2D eigenvalue weighted by Gasteiger charge is -2.21. The number of furan rings is 2. The van der Waals surface area contributed by atoms with Crippen molar-refractivity contribution in [3.05, 3.63) is 121 Å².